The van der Waals surface area contributed by atoms with Crippen LogP contribution in [0.1, 0.15) is 39.3 Å². The fraction of sp³-hybridized carbons (Fsp3) is 0.381. The van der Waals surface area contributed by atoms with Gasteiger partial charge in [0.25, 0.3) is 5.91 Å². The first-order valence-electron chi connectivity index (χ1n) is 9.14. The summed E-state index contributed by atoms with van der Waals surface area (Å²) in [7, 11) is -3.67. The third kappa shape index (κ3) is 6.98. The Labute approximate surface area is 167 Å². The van der Waals surface area contributed by atoms with Crippen molar-refractivity contribution >= 4 is 15.9 Å². The number of sulfonamides is 1. The Hall–Kier alpha value is -2.38. The fourth-order valence-corrected chi connectivity index (χ4v) is 3.62. The molecule has 0 aliphatic heterocycles. The standard InChI is InChI=1S/C21H28N2O4S/c1-16(17-8-6-5-7-9-17)23-28(25,26)19-12-10-18(11-13-19)27-14-20(24)22-15-21(2,3)4/h5-13,16,23H,14-15H2,1-4H3,(H,22,24)/t16-/m0/s1. The number of carbonyl (C=O) groups is 1. The molecule has 0 aliphatic carbocycles. The molecule has 0 bridgehead atoms. The fourth-order valence-electron chi connectivity index (χ4n) is 2.39. The number of rotatable bonds is 8. The normalized spacial score (nSPS) is 13.0. The molecule has 0 unspecified atom stereocenters. The topological polar surface area (TPSA) is 84.5 Å². The zero-order chi connectivity index (χ0) is 20.8. The third-order valence-electron chi connectivity index (χ3n) is 3.95. The van der Waals surface area contributed by atoms with Gasteiger partial charge in [-0.3, -0.25) is 4.79 Å². The summed E-state index contributed by atoms with van der Waals surface area (Å²) in [6, 6.07) is 15.0. The van der Waals surface area contributed by atoms with E-state index in [1.807, 2.05) is 51.1 Å². The molecule has 1 amide bonds. The number of ether oxygens (including phenoxy) is 1. The van der Waals surface area contributed by atoms with Crippen molar-refractivity contribution in [3.8, 4) is 5.75 Å². The van der Waals surface area contributed by atoms with Crippen molar-refractivity contribution in [1.29, 1.82) is 0 Å². The smallest absolute Gasteiger partial charge is 0.257 e. The molecule has 0 aromatic heterocycles. The van der Waals surface area contributed by atoms with E-state index in [1.165, 1.54) is 12.1 Å². The lowest BCUT2D eigenvalue weighted by Crippen LogP contribution is -2.35. The molecule has 7 heteroatoms. The summed E-state index contributed by atoms with van der Waals surface area (Å²) in [5.74, 6) is 0.214. The van der Waals surface area contributed by atoms with Crippen molar-refractivity contribution < 1.29 is 17.9 Å². The Morgan fingerprint density at radius 2 is 1.64 bits per heavy atom. The van der Waals surface area contributed by atoms with Crippen molar-refractivity contribution in [3.05, 3.63) is 60.2 Å². The Balaban J connectivity index is 1.93. The van der Waals surface area contributed by atoms with Gasteiger partial charge in [-0.05, 0) is 42.2 Å². The van der Waals surface area contributed by atoms with E-state index < -0.39 is 10.0 Å². The lowest BCUT2D eigenvalue weighted by Gasteiger charge is -2.18. The zero-order valence-corrected chi connectivity index (χ0v) is 17.5. The van der Waals surface area contributed by atoms with Crippen LogP contribution in [0.2, 0.25) is 0 Å². The lowest BCUT2D eigenvalue weighted by atomic mass is 9.97. The van der Waals surface area contributed by atoms with Crippen LogP contribution in [-0.2, 0) is 14.8 Å². The second-order valence-electron chi connectivity index (χ2n) is 7.85. The predicted octanol–water partition coefficient (Wildman–Crippen LogP) is 3.27. The van der Waals surface area contributed by atoms with E-state index in [0.717, 1.165) is 5.56 Å². The number of benzene rings is 2. The maximum absolute atomic E-state index is 12.6. The summed E-state index contributed by atoms with van der Waals surface area (Å²) < 4.78 is 33.2. The molecular weight excluding hydrogens is 376 g/mol. The predicted molar refractivity (Wildman–Crippen MR) is 110 cm³/mol. The first kappa shape index (κ1) is 21.9. The molecule has 28 heavy (non-hydrogen) atoms. The molecule has 1 atom stereocenters. The van der Waals surface area contributed by atoms with Crippen LogP contribution >= 0.6 is 0 Å². The Kier molecular flexibility index (Phi) is 7.21. The largest absolute Gasteiger partial charge is 0.484 e. The molecular formula is C21H28N2O4S. The van der Waals surface area contributed by atoms with Crippen LogP contribution in [0.4, 0.5) is 0 Å². The molecule has 0 aliphatic rings. The summed E-state index contributed by atoms with van der Waals surface area (Å²) in [5.41, 5.74) is 0.877. The first-order chi connectivity index (χ1) is 13.1. The van der Waals surface area contributed by atoms with E-state index in [4.69, 9.17) is 4.74 Å². The zero-order valence-electron chi connectivity index (χ0n) is 16.7. The molecule has 2 aromatic carbocycles. The average molecular weight is 405 g/mol. The highest BCUT2D eigenvalue weighted by molar-refractivity contribution is 7.89. The summed E-state index contributed by atoms with van der Waals surface area (Å²) in [4.78, 5) is 11.9. The van der Waals surface area contributed by atoms with E-state index in [0.29, 0.717) is 12.3 Å². The van der Waals surface area contributed by atoms with Crippen molar-refractivity contribution in [2.75, 3.05) is 13.2 Å². The molecule has 0 heterocycles. The minimum absolute atomic E-state index is 0.00441. The van der Waals surface area contributed by atoms with Crippen LogP contribution in [-0.4, -0.2) is 27.5 Å². The van der Waals surface area contributed by atoms with Gasteiger partial charge in [0.2, 0.25) is 10.0 Å². The second kappa shape index (κ2) is 9.21. The van der Waals surface area contributed by atoms with Crippen LogP contribution in [0.5, 0.6) is 5.75 Å². The molecule has 0 radical (unpaired) electrons. The van der Waals surface area contributed by atoms with Crippen LogP contribution in [0.3, 0.4) is 0 Å². The molecule has 0 fully saturated rings. The van der Waals surface area contributed by atoms with E-state index in [9.17, 15) is 13.2 Å². The summed E-state index contributed by atoms with van der Waals surface area (Å²) >= 11 is 0. The van der Waals surface area contributed by atoms with Gasteiger partial charge in [0.05, 0.1) is 4.90 Å². The van der Waals surface area contributed by atoms with Gasteiger partial charge < -0.3 is 10.1 Å². The molecule has 0 spiro atoms. The van der Waals surface area contributed by atoms with Gasteiger partial charge in [-0.2, -0.15) is 0 Å². The molecule has 2 aromatic rings. The molecule has 0 saturated heterocycles. The molecule has 152 valence electrons. The SMILES string of the molecule is C[C@H](NS(=O)(=O)c1ccc(OCC(=O)NCC(C)(C)C)cc1)c1ccccc1. The highest BCUT2D eigenvalue weighted by Crippen LogP contribution is 2.19. The van der Waals surface area contributed by atoms with Crippen LogP contribution < -0.4 is 14.8 Å². The van der Waals surface area contributed by atoms with Crippen molar-refractivity contribution in [2.45, 2.75) is 38.6 Å². The van der Waals surface area contributed by atoms with Crippen LogP contribution in [0, 0.1) is 5.41 Å². The quantitative estimate of drug-likeness (QED) is 0.707. The number of carbonyl (C=O) groups excluding carboxylic acids is 1. The molecule has 2 rings (SSSR count). The number of nitrogens with one attached hydrogen (secondary N) is 2. The van der Waals surface area contributed by atoms with E-state index >= 15 is 0 Å². The van der Waals surface area contributed by atoms with Gasteiger partial charge in [0.1, 0.15) is 5.75 Å². The summed E-state index contributed by atoms with van der Waals surface area (Å²) in [6.07, 6.45) is 0. The van der Waals surface area contributed by atoms with Gasteiger partial charge in [-0.25, -0.2) is 13.1 Å². The summed E-state index contributed by atoms with van der Waals surface area (Å²) in [5, 5.41) is 2.80. The van der Waals surface area contributed by atoms with Crippen molar-refractivity contribution in [3.63, 3.8) is 0 Å². The second-order valence-corrected chi connectivity index (χ2v) is 9.57. The Morgan fingerprint density at radius 1 is 1.04 bits per heavy atom. The monoisotopic (exact) mass is 404 g/mol. The number of amides is 1. The highest BCUT2D eigenvalue weighted by atomic mass is 32.2. The maximum atomic E-state index is 12.6. The van der Waals surface area contributed by atoms with Crippen LogP contribution in [0.25, 0.3) is 0 Å². The molecule has 2 N–H and O–H groups in total. The minimum Gasteiger partial charge on any atom is -0.484 e. The molecule has 0 saturated carbocycles. The first-order valence-corrected chi connectivity index (χ1v) is 10.6. The average Bonchev–Trinajstić information content (AvgIpc) is 2.65. The van der Waals surface area contributed by atoms with Gasteiger partial charge >= 0.3 is 0 Å². The van der Waals surface area contributed by atoms with Gasteiger partial charge in [0, 0.05) is 12.6 Å². The van der Waals surface area contributed by atoms with E-state index in [1.54, 1.807) is 19.1 Å². The lowest BCUT2D eigenvalue weighted by molar-refractivity contribution is -0.123. The minimum atomic E-state index is -3.67. The van der Waals surface area contributed by atoms with E-state index in [2.05, 4.69) is 10.0 Å². The van der Waals surface area contributed by atoms with Gasteiger partial charge in [-0.15, -0.1) is 0 Å². The summed E-state index contributed by atoms with van der Waals surface area (Å²) in [6.45, 7) is 8.31. The van der Waals surface area contributed by atoms with E-state index in [-0.39, 0.29) is 28.9 Å². The van der Waals surface area contributed by atoms with Crippen molar-refractivity contribution in [1.82, 2.24) is 10.0 Å². The van der Waals surface area contributed by atoms with Crippen molar-refractivity contribution in [2.24, 2.45) is 5.41 Å². The maximum Gasteiger partial charge on any atom is 0.257 e. The number of hydrogen-bond acceptors (Lipinski definition) is 4. The number of hydrogen-bond donors (Lipinski definition) is 2. The van der Waals surface area contributed by atoms with Gasteiger partial charge in [-0.1, -0.05) is 51.1 Å². The Bertz CT molecular complexity index is 873. The third-order valence-corrected chi connectivity index (χ3v) is 5.51. The van der Waals surface area contributed by atoms with Gasteiger partial charge in [0.15, 0.2) is 6.61 Å². The van der Waals surface area contributed by atoms with Crippen LogP contribution in [0.15, 0.2) is 59.5 Å². The molecule has 6 nitrogen and oxygen atoms in total. The Morgan fingerprint density at radius 3 is 2.21 bits per heavy atom. The highest BCUT2D eigenvalue weighted by Gasteiger charge is 2.18.